The van der Waals surface area contributed by atoms with E-state index < -0.39 is 0 Å². The van der Waals surface area contributed by atoms with Crippen LogP contribution < -0.4 is 10.6 Å². The van der Waals surface area contributed by atoms with Gasteiger partial charge in [0.15, 0.2) is 5.96 Å². The van der Waals surface area contributed by atoms with Crippen LogP contribution in [0.4, 0.5) is 4.39 Å². The van der Waals surface area contributed by atoms with Gasteiger partial charge in [0, 0.05) is 18.0 Å². The lowest BCUT2D eigenvalue weighted by Crippen LogP contribution is -2.42. The van der Waals surface area contributed by atoms with Crippen LogP contribution in [0.1, 0.15) is 51.0 Å². The predicted octanol–water partition coefficient (Wildman–Crippen LogP) is 3.97. The highest BCUT2D eigenvalue weighted by Gasteiger charge is 2.45. The van der Waals surface area contributed by atoms with Gasteiger partial charge >= 0.3 is 0 Å². The van der Waals surface area contributed by atoms with E-state index in [2.05, 4.69) is 17.6 Å². The Kier molecular flexibility index (Phi) is 6.68. The van der Waals surface area contributed by atoms with E-state index in [0.29, 0.717) is 12.6 Å². The molecule has 2 N–H and O–H groups in total. The molecule has 0 saturated heterocycles. The van der Waals surface area contributed by atoms with Gasteiger partial charge in [0.25, 0.3) is 0 Å². The predicted molar refractivity (Wildman–Crippen MR) is 104 cm³/mol. The van der Waals surface area contributed by atoms with Gasteiger partial charge in [0.1, 0.15) is 5.82 Å². The first-order valence-electron chi connectivity index (χ1n) is 8.53. The second kappa shape index (κ2) is 8.31. The third kappa shape index (κ3) is 4.58. The molecule has 0 spiro atoms. The maximum atomic E-state index is 14.0. The molecule has 0 heterocycles. The second-order valence-corrected chi connectivity index (χ2v) is 6.58. The van der Waals surface area contributed by atoms with Gasteiger partial charge in [-0.25, -0.2) is 4.39 Å². The Hall–Kier alpha value is -0.850. The Morgan fingerprint density at radius 2 is 1.96 bits per heavy atom. The number of nitrogens with zero attached hydrogens (tertiary/aromatic N) is 1. The van der Waals surface area contributed by atoms with Crippen LogP contribution in [0, 0.1) is 5.82 Å². The van der Waals surface area contributed by atoms with Crippen molar-refractivity contribution in [3.05, 3.63) is 35.6 Å². The Bertz CT molecular complexity index is 537. The number of halogens is 2. The Balaban J connectivity index is 0.00000192. The van der Waals surface area contributed by atoms with Crippen LogP contribution in [0.2, 0.25) is 0 Å². The normalized spacial score (nSPS) is 20.0. The molecule has 2 aliphatic carbocycles. The summed E-state index contributed by atoms with van der Waals surface area (Å²) in [5, 5.41) is 6.85. The van der Waals surface area contributed by atoms with E-state index in [1.807, 2.05) is 12.1 Å². The third-order valence-corrected chi connectivity index (χ3v) is 4.88. The summed E-state index contributed by atoms with van der Waals surface area (Å²) in [4.78, 5) is 4.76. The van der Waals surface area contributed by atoms with Crippen molar-refractivity contribution in [1.29, 1.82) is 0 Å². The van der Waals surface area contributed by atoms with Gasteiger partial charge in [-0.05, 0) is 44.2 Å². The lowest BCUT2D eigenvalue weighted by atomic mass is 9.95. The molecule has 0 unspecified atom stereocenters. The minimum atomic E-state index is -0.0936. The molecule has 5 heteroatoms. The van der Waals surface area contributed by atoms with Gasteiger partial charge in [-0.3, -0.25) is 4.99 Å². The number of guanidine groups is 1. The zero-order valence-electron chi connectivity index (χ0n) is 13.8. The molecule has 0 atom stereocenters. The highest BCUT2D eigenvalue weighted by Crippen LogP contribution is 2.49. The van der Waals surface area contributed by atoms with Crippen molar-refractivity contribution >= 4 is 29.9 Å². The third-order valence-electron chi connectivity index (χ3n) is 4.88. The molecule has 1 aromatic rings. The summed E-state index contributed by atoms with van der Waals surface area (Å²) in [6.45, 7) is 3.59. The molecule has 0 aliphatic heterocycles. The standard InChI is InChI=1S/C18H26FN3.HI/c1-2-20-17(22-14-7-3-4-8-14)21-13-18(11-12-18)15-9-5-6-10-16(15)19;/h5-6,9-10,14H,2-4,7-8,11-13H2,1H3,(H2,20,21,22);1H. The van der Waals surface area contributed by atoms with Crippen LogP contribution in [0.5, 0.6) is 0 Å². The molecule has 1 aromatic carbocycles. The summed E-state index contributed by atoms with van der Waals surface area (Å²) in [6.07, 6.45) is 7.11. The van der Waals surface area contributed by atoms with Crippen molar-refractivity contribution in [2.45, 2.75) is 56.9 Å². The number of hydrogen-bond donors (Lipinski definition) is 2. The lowest BCUT2D eigenvalue weighted by Gasteiger charge is -2.19. The van der Waals surface area contributed by atoms with E-state index in [1.54, 1.807) is 12.1 Å². The fourth-order valence-electron chi connectivity index (χ4n) is 3.37. The van der Waals surface area contributed by atoms with Gasteiger partial charge in [0.05, 0.1) is 6.54 Å². The minimum Gasteiger partial charge on any atom is -0.357 e. The van der Waals surface area contributed by atoms with Crippen molar-refractivity contribution < 1.29 is 4.39 Å². The average Bonchev–Trinajstić information content (AvgIpc) is 3.13. The highest BCUT2D eigenvalue weighted by molar-refractivity contribution is 14.0. The fraction of sp³-hybridized carbons (Fsp3) is 0.611. The van der Waals surface area contributed by atoms with E-state index in [4.69, 9.17) is 4.99 Å². The SMILES string of the molecule is CCNC(=NCC1(c2ccccc2F)CC1)NC1CCCC1.I. The van der Waals surface area contributed by atoms with Gasteiger partial charge in [-0.15, -0.1) is 24.0 Å². The van der Waals surface area contributed by atoms with Crippen molar-refractivity contribution in [1.82, 2.24) is 10.6 Å². The van der Waals surface area contributed by atoms with Crippen molar-refractivity contribution in [3.8, 4) is 0 Å². The molecule has 0 aromatic heterocycles. The molecule has 3 rings (SSSR count). The largest absolute Gasteiger partial charge is 0.357 e. The summed E-state index contributed by atoms with van der Waals surface area (Å²) < 4.78 is 14.0. The number of hydrogen-bond acceptors (Lipinski definition) is 1. The molecular formula is C18H27FIN3. The molecule has 3 nitrogen and oxygen atoms in total. The Morgan fingerprint density at radius 3 is 2.57 bits per heavy atom. The fourth-order valence-corrected chi connectivity index (χ4v) is 3.37. The average molecular weight is 431 g/mol. The number of benzene rings is 1. The van der Waals surface area contributed by atoms with Crippen molar-refractivity contribution in [3.63, 3.8) is 0 Å². The van der Waals surface area contributed by atoms with E-state index in [9.17, 15) is 4.39 Å². The Labute approximate surface area is 155 Å². The summed E-state index contributed by atoms with van der Waals surface area (Å²) in [7, 11) is 0. The topological polar surface area (TPSA) is 36.4 Å². The van der Waals surface area contributed by atoms with E-state index in [0.717, 1.165) is 30.9 Å². The van der Waals surface area contributed by atoms with Crippen LogP contribution in [-0.4, -0.2) is 25.1 Å². The molecule has 0 bridgehead atoms. The highest BCUT2D eigenvalue weighted by atomic mass is 127. The maximum absolute atomic E-state index is 14.0. The lowest BCUT2D eigenvalue weighted by molar-refractivity contribution is 0.569. The second-order valence-electron chi connectivity index (χ2n) is 6.58. The first-order valence-corrected chi connectivity index (χ1v) is 8.53. The molecule has 23 heavy (non-hydrogen) atoms. The quantitative estimate of drug-likeness (QED) is 0.421. The molecular weight excluding hydrogens is 404 g/mol. The number of rotatable bonds is 5. The van der Waals surface area contributed by atoms with Gasteiger partial charge in [-0.1, -0.05) is 31.0 Å². The van der Waals surface area contributed by atoms with Crippen LogP contribution in [0.25, 0.3) is 0 Å². The van der Waals surface area contributed by atoms with Crippen molar-refractivity contribution in [2.75, 3.05) is 13.1 Å². The molecule has 0 amide bonds. The first-order chi connectivity index (χ1) is 10.7. The number of nitrogens with one attached hydrogen (secondary N) is 2. The summed E-state index contributed by atoms with van der Waals surface area (Å²) in [5.41, 5.74) is 0.749. The smallest absolute Gasteiger partial charge is 0.191 e. The molecule has 2 saturated carbocycles. The van der Waals surface area contributed by atoms with E-state index in [1.165, 1.54) is 25.7 Å². The van der Waals surface area contributed by atoms with E-state index >= 15 is 0 Å². The van der Waals surface area contributed by atoms with Crippen LogP contribution >= 0.6 is 24.0 Å². The van der Waals surface area contributed by atoms with Gasteiger partial charge in [0.2, 0.25) is 0 Å². The molecule has 128 valence electrons. The summed E-state index contributed by atoms with van der Waals surface area (Å²) in [5.74, 6) is 0.793. The zero-order chi connectivity index (χ0) is 15.4. The van der Waals surface area contributed by atoms with E-state index in [-0.39, 0.29) is 35.2 Å². The maximum Gasteiger partial charge on any atom is 0.191 e. The van der Waals surface area contributed by atoms with Crippen LogP contribution in [-0.2, 0) is 5.41 Å². The summed E-state index contributed by atoms with van der Waals surface area (Å²) in [6, 6.07) is 7.69. The van der Waals surface area contributed by atoms with Gasteiger partial charge in [-0.2, -0.15) is 0 Å². The Morgan fingerprint density at radius 1 is 1.26 bits per heavy atom. The van der Waals surface area contributed by atoms with Crippen LogP contribution in [0.3, 0.4) is 0 Å². The number of aliphatic imine (C=N–C) groups is 1. The molecule has 2 aliphatic rings. The minimum absolute atomic E-state index is 0. The van der Waals surface area contributed by atoms with Crippen LogP contribution in [0.15, 0.2) is 29.3 Å². The molecule has 2 fully saturated rings. The zero-order valence-corrected chi connectivity index (χ0v) is 16.1. The first kappa shape index (κ1) is 18.5. The van der Waals surface area contributed by atoms with Gasteiger partial charge < -0.3 is 10.6 Å². The van der Waals surface area contributed by atoms with Crippen molar-refractivity contribution in [2.24, 2.45) is 4.99 Å². The monoisotopic (exact) mass is 431 g/mol. The molecule has 0 radical (unpaired) electrons. The summed E-state index contributed by atoms with van der Waals surface area (Å²) >= 11 is 0.